The van der Waals surface area contributed by atoms with Gasteiger partial charge in [-0.1, -0.05) is 109 Å². The SMILES string of the molecule is c1ccc(N(c2ccccc2)c2cccc3c4cccc5c6nc7c(nc6n(c23)c45)c2c3ccccc3cc3c4ccccc4n7c32)cc1. The molecule has 5 aromatic heterocycles. The Hall–Kier alpha value is -6.72. The smallest absolute Gasteiger partial charge is 0.165 e. The molecule has 0 aliphatic rings. The summed E-state index contributed by atoms with van der Waals surface area (Å²) in [5.41, 5.74) is 11.6. The summed E-state index contributed by atoms with van der Waals surface area (Å²) in [5.74, 6) is 0. The molecule has 0 aliphatic heterocycles. The van der Waals surface area contributed by atoms with Gasteiger partial charge in [0.25, 0.3) is 0 Å². The molecule has 5 heterocycles. The maximum Gasteiger partial charge on any atom is 0.165 e. The lowest BCUT2D eigenvalue weighted by molar-refractivity contribution is 1.23. The van der Waals surface area contributed by atoms with Crippen LogP contribution in [0.3, 0.4) is 0 Å². The van der Waals surface area contributed by atoms with E-state index in [0.717, 1.165) is 66.7 Å². The fourth-order valence-electron chi connectivity index (χ4n) is 8.59. The number of hydrogen-bond acceptors (Lipinski definition) is 3. The van der Waals surface area contributed by atoms with Crippen LogP contribution in [0.4, 0.5) is 17.1 Å². The fourth-order valence-corrected chi connectivity index (χ4v) is 8.59. The van der Waals surface area contributed by atoms with Gasteiger partial charge in [0.05, 0.1) is 27.8 Å². The molecule has 0 fully saturated rings. The van der Waals surface area contributed by atoms with Gasteiger partial charge < -0.3 is 4.90 Å². The number of hydrogen-bond donors (Lipinski definition) is 0. The molecule has 12 rings (SSSR count). The lowest BCUT2D eigenvalue weighted by Gasteiger charge is -2.26. The number of benzene rings is 7. The van der Waals surface area contributed by atoms with Crippen LogP contribution in [0.25, 0.3) is 87.5 Å². The summed E-state index contributed by atoms with van der Waals surface area (Å²) in [7, 11) is 0. The molecular weight excluding hydrogens is 599 g/mol. The van der Waals surface area contributed by atoms with E-state index >= 15 is 0 Å². The molecule has 226 valence electrons. The number of aromatic nitrogens is 4. The zero-order valence-electron chi connectivity index (χ0n) is 26.2. The van der Waals surface area contributed by atoms with Crippen LogP contribution < -0.4 is 4.90 Å². The topological polar surface area (TPSA) is 37.8 Å². The first-order chi connectivity index (χ1) is 24.3. The third-order valence-corrected chi connectivity index (χ3v) is 10.5. The number of rotatable bonds is 3. The van der Waals surface area contributed by atoms with Crippen molar-refractivity contribution >= 4 is 105 Å². The lowest BCUT2D eigenvalue weighted by Crippen LogP contribution is -2.10. The van der Waals surface area contributed by atoms with Crippen LogP contribution in [-0.4, -0.2) is 18.8 Å². The van der Waals surface area contributed by atoms with Crippen molar-refractivity contribution in [2.75, 3.05) is 4.90 Å². The van der Waals surface area contributed by atoms with E-state index in [4.69, 9.17) is 9.97 Å². The van der Waals surface area contributed by atoms with E-state index < -0.39 is 0 Å². The third kappa shape index (κ3) is 3.10. The minimum absolute atomic E-state index is 0.879. The van der Waals surface area contributed by atoms with Gasteiger partial charge in [0.1, 0.15) is 11.0 Å². The predicted octanol–water partition coefficient (Wildman–Crippen LogP) is 11.4. The van der Waals surface area contributed by atoms with Crippen LogP contribution in [-0.2, 0) is 0 Å². The molecular formula is C44H25N5. The molecule has 0 radical (unpaired) electrons. The minimum atomic E-state index is 0.879. The molecule has 49 heavy (non-hydrogen) atoms. The van der Waals surface area contributed by atoms with Crippen LogP contribution in [0.1, 0.15) is 0 Å². The molecule has 5 nitrogen and oxygen atoms in total. The summed E-state index contributed by atoms with van der Waals surface area (Å²) in [6.07, 6.45) is 0. The Morgan fingerprint density at radius 2 is 1.00 bits per heavy atom. The predicted molar refractivity (Wildman–Crippen MR) is 204 cm³/mol. The van der Waals surface area contributed by atoms with E-state index in [0.29, 0.717) is 0 Å². The van der Waals surface area contributed by atoms with Crippen molar-refractivity contribution in [3.63, 3.8) is 0 Å². The molecule has 7 aromatic carbocycles. The zero-order chi connectivity index (χ0) is 31.8. The van der Waals surface area contributed by atoms with Crippen LogP contribution in [0.2, 0.25) is 0 Å². The van der Waals surface area contributed by atoms with Crippen LogP contribution in [0, 0.1) is 0 Å². The number of para-hydroxylation sites is 5. The van der Waals surface area contributed by atoms with Gasteiger partial charge in [0.2, 0.25) is 0 Å². The average molecular weight is 624 g/mol. The summed E-state index contributed by atoms with van der Waals surface area (Å²) in [6.45, 7) is 0. The van der Waals surface area contributed by atoms with Gasteiger partial charge in [-0.3, -0.25) is 8.80 Å². The van der Waals surface area contributed by atoms with Gasteiger partial charge in [0.15, 0.2) is 11.3 Å². The Morgan fingerprint density at radius 3 is 1.80 bits per heavy atom. The quantitative estimate of drug-likeness (QED) is 0.197. The first-order valence-corrected chi connectivity index (χ1v) is 16.7. The minimum Gasteiger partial charge on any atom is -0.308 e. The van der Waals surface area contributed by atoms with Crippen LogP contribution in [0.5, 0.6) is 0 Å². The average Bonchev–Trinajstić information content (AvgIpc) is 3.88. The highest BCUT2D eigenvalue weighted by Gasteiger charge is 2.27. The Labute approximate surface area is 279 Å². The third-order valence-electron chi connectivity index (χ3n) is 10.5. The van der Waals surface area contributed by atoms with Crippen LogP contribution in [0.15, 0.2) is 152 Å². The Bertz CT molecular complexity index is 3230. The highest BCUT2D eigenvalue weighted by atomic mass is 15.2. The number of nitrogens with zero attached hydrogens (tertiary/aromatic N) is 5. The first-order valence-electron chi connectivity index (χ1n) is 16.7. The number of anilines is 3. The maximum atomic E-state index is 5.67. The Kier molecular flexibility index (Phi) is 4.66. The van der Waals surface area contributed by atoms with Crippen LogP contribution >= 0.6 is 0 Å². The molecule has 0 unspecified atom stereocenters. The fraction of sp³-hybridized carbons (Fsp3) is 0. The molecule has 0 atom stereocenters. The second kappa shape index (κ2) is 9.00. The maximum absolute atomic E-state index is 5.67. The van der Waals surface area contributed by atoms with E-state index in [1.807, 2.05) is 0 Å². The highest BCUT2D eigenvalue weighted by Crippen LogP contribution is 2.47. The Morgan fingerprint density at radius 1 is 0.408 bits per heavy atom. The second-order valence-corrected chi connectivity index (χ2v) is 13.0. The summed E-state index contributed by atoms with van der Waals surface area (Å²) in [4.78, 5) is 13.6. The van der Waals surface area contributed by atoms with Crippen molar-refractivity contribution in [3.8, 4) is 0 Å². The molecule has 5 heteroatoms. The van der Waals surface area contributed by atoms with Gasteiger partial charge in [0, 0.05) is 43.7 Å². The van der Waals surface area contributed by atoms with Crippen molar-refractivity contribution in [1.29, 1.82) is 0 Å². The monoisotopic (exact) mass is 623 g/mol. The summed E-state index contributed by atoms with van der Waals surface area (Å²) in [5, 5.41) is 9.57. The van der Waals surface area contributed by atoms with Crippen molar-refractivity contribution in [2.45, 2.75) is 0 Å². The zero-order valence-corrected chi connectivity index (χ0v) is 26.2. The first kappa shape index (κ1) is 25.4. The number of fused-ring (bicyclic) bond motifs is 14. The summed E-state index contributed by atoms with van der Waals surface area (Å²) in [6, 6.07) is 54.2. The van der Waals surface area contributed by atoms with Gasteiger partial charge >= 0.3 is 0 Å². The molecule has 0 amide bonds. The van der Waals surface area contributed by atoms with E-state index in [9.17, 15) is 0 Å². The highest BCUT2D eigenvalue weighted by molar-refractivity contribution is 6.31. The molecule has 0 saturated carbocycles. The Balaban J connectivity index is 1.30. The summed E-state index contributed by atoms with van der Waals surface area (Å²) < 4.78 is 4.73. The van der Waals surface area contributed by atoms with Crippen molar-refractivity contribution in [1.82, 2.24) is 18.8 Å². The van der Waals surface area contributed by atoms with Gasteiger partial charge in [-0.2, -0.15) is 0 Å². The second-order valence-electron chi connectivity index (χ2n) is 13.0. The molecule has 0 spiro atoms. The molecule has 0 saturated heterocycles. The lowest BCUT2D eigenvalue weighted by atomic mass is 10.0. The van der Waals surface area contributed by atoms with Crippen molar-refractivity contribution in [3.05, 3.63) is 152 Å². The van der Waals surface area contributed by atoms with Gasteiger partial charge in [-0.15, -0.1) is 0 Å². The summed E-state index contributed by atoms with van der Waals surface area (Å²) >= 11 is 0. The largest absolute Gasteiger partial charge is 0.308 e. The van der Waals surface area contributed by atoms with E-state index in [1.54, 1.807) is 0 Å². The van der Waals surface area contributed by atoms with E-state index in [2.05, 4.69) is 165 Å². The van der Waals surface area contributed by atoms with E-state index in [1.165, 1.54) is 37.8 Å². The van der Waals surface area contributed by atoms with Gasteiger partial charge in [-0.05, 0) is 53.2 Å². The van der Waals surface area contributed by atoms with Crippen molar-refractivity contribution in [2.24, 2.45) is 0 Å². The van der Waals surface area contributed by atoms with Gasteiger partial charge in [-0.25, -0.2) is 9.97 Å². The normalized spacial score (nSPS) is 12.5. The standard InChI is InChI=1S/C44H25N5/c1-3-14-27(15-4-1)47(28-16-5-2-6-17-28)36-24-12-21-32-31-20-11-22-33-38-43(49(40(31)33)41(32)36)46-39-37-29-18-8-7-13-26(29)25-34-30-19-9-10-23-35(30)48(42(34)37)44(39)45-38/h1-25H. The van der Waals surface area contributed by atoms with Crippen molar-refractivity contribution < 1.29 is 0 Å². The molecule has 0 aliphatic carbocycles. The molecule has 12 aromatic rings. The molecule has 0 bridgehead atoms. The van der Waals surface area contributed by atoms with E-state index in [-0.39, 0.29) is 0 Å². The molecule has 0 N–H and O–H groups in total.